The van der Waals surface area contributed by atoms with Crippen LogP contribution in [0.1, 0.15) is 17.5 Å². The van der Waals surface area contributed by atoms with Gasteiger partial charge in [-0.2, -0.15) is 0 Å². The zero-order chi connectivity index (χ0) is 15.1. The van der Waals surface area contributed by atoms with Crippen molar-refractivity contribution >= 4 is 0 Å². The van der Waals surface area contributed by atoms with Crippen LogP contribution in [0.15, 0.2) is 42.5 Å². The lowest BCUT2D eigenvalue weighted by atomic mass is 10.1. The smallest absolute Gasteiger partial charge is 0.119 e. The molecule has 0 radical (unpaired) electrons. The highest BCUT2D eigenvalue weighted by Gasteiger charge is 1.98. The van der Waals surface area contributed by atoms with Gasteiger partial charge in [0.15, 0.2) is 0 Å². The van der Waals surface area contributed by atoms with Crippen molar-refractivity contribution in [3.05, 3.63) is 53.6 Å². The van der Waals surface area contributed by atoms with Crippen LogP contribution in [0, 0.1) is 13.8 Å². The molecule has 0 spiro atoms. The minimum Gasteiger partial charge on any atom is -0.497 e. The summed E-state index contributed by atoms with van der Waals surface area (Å²) in [6.07, 6.45) is 0.846. The molecule has 0 amide bonds. The van der Waals surface area contributed by atoms with Gasteiger partial charge in [-0.15, -0.1) is 0 Å². The number of rotatable bonds is 7. The van der Waals surface area contributed by atoms with E-state index in [1.54, 1.807) is 7.11 Å². The first kappa shape index (κ1) is 15.2. The van der Waals surface area contributed by atoms with Gasteiger partial charge in [0.25, 0.3) is 0 Å². The standard InChI is InChI=1S/C18H22O3/c1-14-11-15(2)13-18(12-14)21-10-4-9-20-17-7-5-16(19-3)6-8-17/h5-8,11-13H,4,9-10H2,1-3H3. The number of hydrogen-bond acceptors (Lipinski definition) is 3. The molecule has 0 aromatic heterocycles. The lowest BCUT2D eigenvalue weighted by molar-refractivity contribution is 0.247. The molecule has 0 aliphatic heterocycles. The van der Waals surface area contributed by atoms with Crippen molar-refractivity contribution in [1.82, 2.24) is 0 Å². The van der Waals surface area contributed by atoms with E-state index in [4.69, 9.17) is 14.2 Å². The fourth-order valence-corrected chi connectivity index (χ4v) is 2.13. The van der Waals surface area contributed by atoms with Crippen molar-refractivity contribution in [2.24, 2.45) is 0 Å². The summed E-state index contributed by atoms with van der Waals surface area (Å²) >= 11 is 0. The summed E-state index contributed by atoms with van der Waals surface area (Å²) in [7, 11) is 1.65. The third-order valence-corrected chi connectivity index (χ3v) is 3.08. The Balaban J connectivity index is 1.69. The van der Waals surface area contributed by atoms with E-state index >= 15 is 0 Å². The quantitative estimate of drug-likeness (QED) is 0.715. The Labute approximate surface area is 126 Å². The van der Waals surface area contributed by atoms with Gasteiger partial charge >= 0.3 is 0 Å². The van der Waals surface area contributed by atoms with Crippen molar-refractivity contribution in [2.45, 2.75) is 20.3 Å². The van der Waals surface area contributed by atoms with E-state index < -0.39 is 0 Å². The Morgan fingerprint density at radius 1 is 0.714 bits per heavy atom. The number of hydrogen-bond donors (Lipinski definition) is 0. The summed E-state index contributed by atoms with van der Waals surface area (Å²) in [5.74, 6) is 2.61. The number of aryl methyl sites for hydroxylation is 2. The van der Waals surface area contributed by atoms with Crippen LogP contribution < -0.4 is 14.2 Å². The zero-order valence-corrected chi connectivity index (χ0v) is 12.9. The molecule has 3 heteroatoms. The molecule has 21 heavy (non-hydrogen) atoms. The van der Waals surface area contributed by atoms with Gasteiger partial charge in [-0.1, -0.05) is 6.07 Å². The number of ether oxygens (including phenoxy) is 3. The van der Waals surface area contributed by atoms with E-state index in [1.807, 2.05) is 24.3 Å². The molecule has 0 heterocycles. The zero-order valence-electron chi connectivity index (χ0n) is 12.9. The van der Waals surface area contributed by atoms with Gasteiger partial charge in [-0.25, -0.2) is 0 Å². The molecule has 0 saturated heterocycles. The molecule has 0 saturated carbocycles. The van der Waals surface area contributed by atoms with E-state index in [9.17, 15) is 0 Å². The van der Waals surface area contributed by atoms with Gasteiger partial charge in [0.2, 0.25) is 0 Å². The van der Waals surface area contributed by atoms with Crippen molar-refractivity contribution in [3.63, 3.8) is 0 Å². The fraction of sp³-hybridized carbons (Fsp3) is 0.333. The van der Waals surface area contributed by atoms with Crippen LogP contribution in [0.2, 0.25) is 0 Å². The first-order valence-electron chi connectivity index (χ1n) is 7.15. The second kappa shape index (κ2) is 7.58. The largest absolute Gasteiger partial charge is 0.497 e. The third kappa shape index (κ3) is 5.03. The van der Waals surface area contributed by atoms with Crippen molar-refractivity contribution < 1.29 is 14.2 Å². The van der Waals surface area contributed by atoms with Crippen LogP contribution in [0.4, 0.5) is 0 Å². The molecule has 0 bridgehead atoms. The van der Waals surface area contributed by atoms with Crippen molar-refractivity contribution in [3.8, 4) is 17.2 Å². The minimum atomic E-state index is 0.636. The highest BCUT2D eigenvalue weighted by Crippen LogP contribution is 2.18. The first-order valence-corrected chi connectivity index (χ1v) is 7.15. The third-order valence-electron chi connectivity index (χ3n) is 3.08. The van der Waals surface area contributed by atoms with Crippen LogP contribution in [0.3, 0.4) is 0 Å². The number of benzene rings is 2. The van der Waals surface area contributed by atoms with Crippen LogP contribution in [-0.2, 0) is 0 Å². The normalized spacial score (nSPS) is 10.2. The predicted octanol–water partition coefficient (Wildman–Crippen LogP) is 4.16. The Hall–Kier alpha value is -2.16. The summed E-state index contributed by atoms with van der Waals surface area (Å²) in [6, 6.07) is 13.8. The van der Waals surface area contributed by atoms with Gasteiger partial charge < -0.3 is 14.2 Å². The van der Waals surface area contributed by atoms with E-state index in [2.05, 4.69) is 32.0 Å². The van der Waals surface area contributed by atoms with Gasteiger partial charge in [-0.05, 0) is 61.4 Å². The molecule has 0 N–H and O–H groups in total. The maximum Gasteiger partial charge on any atom is 0.119 e. The lowest BCUT2D eigenvalue weighted by Crippen LogP contribution is -2.05. The van der Waals surface area contributed by atoms with Gasteiger partial charge in [0.1, 0.15) is 17.2 Å². The fourth-order valence-electron chi connectivity index (χ4n) is 2.13. The van der Waals surface area contributed by atoms with E-state index in [0.29, 0.717) is 13.2 Å². The van der Waals surface area contributed by atoms with Crippen molar-refractivity contribution in [1.29, 1.82) is 0 Å². The maximum absolute atomic E-state index is 5.74. The molecule has 2 aromatic rings. The Morgan fingerprint density at radius 2 is 1.24 bits per heavy atom. The summed E-state index contributed by atoms with van der Waals surface area (Å²) in [6.45, 7) is 5.44. The van der Waals surface area contributed by atoms with E-state index in [-0.39, 0.29) is 0 Å². The molecule has 3 nitrogen and oxygen atoms in total. The molecule has 2 aromatic carbocycles. The van der Waals surface area contributed by atoms with E-state index in [1.165, 1.54) is 11.1 Å². The molecule has 2 rings (SSSR count). The predicted molar refractivity (Wildman–Crippen MR) is 84.5 cm³/mol. The molecular formula is C18H22O3. The molecule has 0 aliphatic carbocycles. The van der Waals surface area contributed by atoms with Crippen LogP contribution in [0.5, 0.6) is 17.2 Å². The highest BCUT2D eigenvalue weighted by molar-refractivity contribution is 5.33. The highest BCUT2D eigenvalue weighted by atomic mass is 16.5. The lowest BCUT2D eigenvalue weighted by Gasteiger charge is -2.09. The summed E-state index contributed by atoms with van der Waals surface area (Å²) in [4.78, 5) is 0. The van der Waals surface area contributed by atoms with Crippen LogP contribution >= 0.6 is 0 Å². The monoisotopic (exact) mass is 286 g/mol. The van der Waals surface area contributed by atoms with Crippen molar-refractivity contribution in [2.75, 3.05) is 20.3 Å². The minimum absolute atomic E-state index is 0.636. The topological polar surface area (TPSA) is 27.7 Å². The Kier molecular flexibility index (Phi) is 5.50. The molecule has 112 valence electrons. The second-order valence-electron chi connectivity index (χ2n) is 5.05. The molecule has 0 aliphatic rings. The average Bonchev–Trinajstić information content (AvgIpc) is 2.46. The summed E-state index contributed by atoms with van der Waals surface area (Å²) in [5.41, 5.74) is 2.44. The van der Waals surface area contributed by atoms with Crippen LogP contribution in [-0.4, -0.2) is 20.3 Å². The number of methoxy groups -OCH3 is 1. The molecule has 0 fully saturated rings. The average molecular weight is 286 g/mol. The first-order chi connectivity index (χ1) is 10.2. The van der Waals surface area contributed by atoms with Gasteiger partial charge in [0, 0.05) is 6.42 Å². The van der Waals surface area contributed by atoms with Crippen LogP contribution in [0.25, 0.3) is 0 Å². The van der Waals surface area contributed by atoms with E-state index in [0.717, 1.165) is 23.7 Å². The molecular weight excluding hydrogens is 264 g/mol. The Bertz CT molecular complexity index is 541. The van der Waals surface area contributed by atoms with Gasteiger partial charge in [-0.3, -0.25) is 0 Å². The molecule has 0 unspecified atom stereocenters. The molecule has 0 atom stereocenters. The Morgan fingerprint density at radius 3 is 1.81 bits per heavy atom. The SMILES string of the molecule is COc1ccc(OCCCOc2cc(C)cc(C)c2)cc1. The van der Waals surface area contributed by atoms with Gasteiger partial charge in [0.05, 0.1) is 20.3 Å². The summed E-state index contributed by atoms with van der Waals surface area (Å²) < 4.78 is 16.5. The second-order valence-corrected chi connectivity index (χ2v) is 5.05. The summed E-state index contributed by atoms with van der Waals surface area (Å²) in [5, 5.41) is 0. The maximum atomic E-state index is 5.74.